The monoisotopic (exact) mass is 347 g/mol. The van der Waals surface area contributed by atoms with Crippen molar-refractivity contribution in [3.05, 3.63) is 75.3 Å². The Labute approximate surface area is 149 Å². The van der Waals surface area contributed by atoms with Gasteiger partial charge < -0.3 is 0 Å². The molecule has 0 N–H and O–H groups in total. The molecule has 0 saturated heterocycles. The van der Waals surface area contributed by atoms with Gasteiger partial charge in [-0.05, 0) is 66.1 Å². The van der Waals surface area contributed by atoms with Crippen molar-refractivity contribution >= 4 is 39.9 Å². The first-order chi connectivity index (χ1) is 12.1. The number of imide groups is 1. The Bertz CT molecular complexity index is 1060. The third kappa shape index (κ3) is 1.87. The van der Waals surface area contributed by atoms with Crippen molar-refractivity contribution in [3.8, 4) is 0 Å². The molecule has 1 heterocycles. The molecule has 122 valence electrons. The van der Waals surface area contributed by atoms with E-state index in [0.717, 1.165) is 29.2 Å². The summed E-state index contributed by atoms with van der Waals surface area (Å²) >= 11 is 6.21. The molecule has 0 aromatic heterocycles. The van der Waals surface area contributed by atoms with Crippen LogP contribution in [0.4, 0.5) is 5.69 Å². The number of carbonyl (C=O) groups is 2. The second-order valence-corrected chi connectivity index (χ2v) is 7.08. The van der Waals surface area contributed by atoms with Gasteiger partial charge >= 0.3 is 0 Å². The van der Waals surface area contributed by atoms with E-state index in [1.807, 2.05) is 37.3 Å². The molecule has 0 saturated carbocycles. The maximum Gasteiger partial charge on any atom is 0.265 e. The lowest BCUT2D eigenvalue weighted by atomic mass is 9.91. The lowest BCUT2D eigenvalue weighted by Crippen LogP contribution is -2.40. The Morgan fingerprint density at radius 2 is 1.44 bits per heavy atom. The minimum Gasteiger partial charge on any atom is -0.268 e. The minimum atomic E-state index is -0.284. The van der Waals surface area contributed by atoms with Gasteiger partial charge in [0.05, 0.1) is 5.69 Å². The molecule has 3 aromatic carbocycles. The second-order valence-electron chi connectivity index (χ2n) is 6.67. The summed E-state index contributed by atoms with van der Waals surface area (Å²) in [5.74, 6) is -0.568. The molecule has 0 unspecified atom stereocenters. The summed E-state index contributed by atoms with van der Waals surface area (Å²) in [5.41, 5.74) is 5.05. The van der Waals surface area contributed by atoms with Crippen LogP contribution < -0.4 is 4.90 Å². The Kier molecular flexibility index (Phi) is 2.89. The fourth-order valence-electron chi connectivity index (χ4n) is 3.97. The molecule has 0 fully saturated rings. The highest BCUT2D eigenvalue weighted by Gasteiger charge is 2.35. The molecule has 0 radical (unpaired) electrons. The van der Waals surface area contributed by atoms with Crippen LogP contribution >= 0.6 is 11.6 Å². The van der Waals surface area contributed by atoms with Crippen molar-refractivity contribution in [2.75, 3.05) is 4.90 Å². The summed E-state index contributed by atoms with van der Waals surface area (Å²) in [6.45, 7) is 1.89. The predicted molar refractivity (Wildman–Crippen MR) is 98.7 cm³/mol. The highest BCUT2D eigenvalue weighted by molar-refractivity contribution is 6.37. The van der Waals surface area contributed by atoms with Gasteiger partial charge in [0.15, 0.2) is 0 Å². The quantitative estimate of drug-likeness (QED) is 0.598. The zero-order valence-corrected chi connectivity index (χ0v) is 14.4. The highest BCUT2D eigenvalue weighted by atomic mass is 35.5. The molecule has 2 amide bonds. The van der Waals surface area contributed by atoms with Crippen molar-refractivity contribution in [2.24, 2.45) is 0 Å². The van der Waals surface area contributed by atoms with Crippen LogP contribution in [0.25, 0.3) is 10.8 Å². The first-order valence-corrected chi connectivity index (χ1v) is 8.66. The number of nitrogens with zero attached hydrogens (tertiary/aromatic N) is 1. The van der Waals surface area contributed by atoms with Gasteiger partial charge in [-0.1, -0.05) is 29.8 Å². The molecule has 1 aliphatic carbocycles. The van der Waals surface area contributed by atoms with Crippen LogP contribution in [-0.2, 0) is 12.8 Å². The van der Waals surface area contributed by atoms with E-state index in [9.17, 15) is 9.59 Å². The summed E-state index contributed by atoms with van der Waals surface area (Å²) in [5, 5.41) is 2.45. The number of benzene rings is 3. The summed E-state index contributed by atoms with van der Waals surface area (Å²) in [7, 11) is 0. The number of hydrogen-bond donors (Lipinski definition) is 0. The van der Waals surface area contributed by atoms with Crippen molar-refractivity contribution < 1.29 is 9.59 Å². The van der Waals surface area contributed by atoms with Crippen LogP contribution in [0.2, 0.25) is 5.02 Å². The summed E-state index contributed by atoms with van der Waals surface area (Å²) in [4.78, 5) is 27.5. The molecule has 25 heavy (non-hydrogen) atoms. The van der Waals surface area contributed by atoms with Gasteiger partial charge in [-0.15, -0.1) is 0 Å². The smallest absolute Gasteiger partial charge is 0.265 e. The van der Waals surface area contributed by atoms with Crippen LogP contribution in [0.1, 0.15) is 37.4 Å². The van der Waals surface area contributed by atoms with Gasteiger partial charge in [0.2, 0.25) is 0 Å². The molecule has 1 aliphatic heterocycles. The van der Waals surface area contributed by atoms with Gasteiger partial charge in [0.25, 0.3) is 11.8 Å². The molecule has 0 atom stereocenters. The zero-order chi connectivity index (χ0) is 17.3. The van der Waals surface area contributed by atoms with Gasteiger partial charge in [0, 0.05) is 21.5 Å². The third-order valence-corrected chi connectivity index (χ3v) is 5.68. The summed E-state index contributed by atoms with van der Waals surface area (Å²) < 4.78 is 0. The molecule has 4 heteroatoms. The molecule has 2 aliphatic rings. The Hall–Kier alpha value is -2.65. The van der Waals surface area contributed by atoms with Crippen LogP contribution in [0, 0.1) is 6.92 Å². The number of carbonyl (C=O) groups excluding carboxylic acids is 2. The van der Waals surface area contributed by atoms with Gasteiger partial charge in [0.1, 0.15) is 0 Å². The summed E-state index contributed by atoms with van der Waals surface area (Å²) in [6.07, 6.45) is 1.93. The second kappa shape index (κ2) is 4.93. The maximum atomic E-state index is 13.1. The summed E-state index contributed by atoms with van der Waals surface area (Å²) in [6, 6.07) is 13.0. The van der Waals surface area contributed by atoms with Gasteiger partial charge in [-0.2, -0.15) is 0 Å². The van der Waals surface area contributed by atoms with Crippen LogP contribution in [0.3, 0.4) is 0 Å². The van der Waals surface area contributed by atoms with Crippen molar-refractivity contribution in [3.63, 3.8) is 0 Å². The average Bonchev–Trinajstić information content (AvgIpc) is 3.03. The lowest BCUT2D eigenvalue weighted by Gasteiger charge is -2.28. The number of amides is 2. The molecule has 0 spiro atoms. The number of rotatable bonds is 1. The number of aryl methyl sites for hydroxylation is 3. The normalized spacial score (nSPS) is 15.4. The van der Waals surface area contributed by atoms with Crippen molar-refractivity contribution in [1.29, 1.82) is 0 Å². The number of halogens is 1. The molecular formula is C21H14ClNO2. The Morgan fingerprint density at radius 1 is 0.840 bits per heavy atom. The van der Waals surface area contributed by atoms with E-state index < -0.39 is 0 Å². The maximum absolute atomic E-state index is 13.1. The molecule has 0 bridgehead atoms. The highest BCUT2D eigenvalue weighted by Crippen LogP contribution is 2.39. The van der Waals surface area contributed by atoms with Crippen molar-refractivity contribution in [1.82, 2.24) is 0 Å². The van der Waals surface area contributed by atoms with Crippen LogP contribution in [0.5, 0.6) is 0 Å². The number of hydrogen-bond acceptors (Lipinski definition) is 2. The van der Waals surface area contributed by atoms with Crippen LogP contribution in [-0.4, -0.2) is 11.8 Å². The molecular weight excluding hydrogens is 334 g/mol. The van der Waals surface area contributed by atoms with Gasteiger partial charge in [-0.25, -0.2) is 4.90 Å². The van der Waals surface area contributed by atoms with E-state index in [1.165, 1.54) is 16.0 Å². The van der Waals surface area contributed by atoms with Crippen molar-refractivity contribution in [2.45, 2.75) is 19.8 Å². The molecule has 3 aromatic rings. The molecule has 5 rings (SSSR count). The SMILES string of the molecule is Cc1ccc(N2C(=O)c3ccc4c5c(ccc(c35)C2=O)CC4)cc1Cl. The number of anilines is 1. The zero-order valence-electron chi connectivity index (χ0n) is 13.6. The fraction of sp³-hybridized carbons (Fsp3) is 0.143. The van der Waals surface area contributed by atoms with Crippen LogP contribution in [0.15, 0.2) is 42.5 Å². The fourth-order valence-corrected chi connectivity index (χ4v) is 4.15. The van der Waals surface area contributed by atoms with E-state index in [-0.39, 0.29) is 11.8 Å². The van der Waals surface area contributed by atoms with E-state index in [0.29, 0.717) is 21.8 Å². The Balaban J connectivity index is 1.78. The lowest BCUT2D eigenvalue weighted by molar-refractivity contribution is 0.0893. The molecule has 3 nitrogen and oxygen atoms in total. The average molecular weight is 348 g/mol. The largest absolute Gasteiger partial charge is 0.268 e. The van der Waals surface area contributed by atoms with E-state index in [1.54, 1.807) is 12.1 Å². The minimum absolute atomic E-state index is 0.284. The van der Waals surface area contributed by atoms with E-state index >= 15 is 0 Å². The first-order valence-electron chi connectivity index (χ1n) is 8.28. The van der Waals surface area contributed by atoms with Gasteiger partial charge in [-0.3, -0.25) is 9.59 Å². The van der Waals surface area contributed by atoms with E-state index in [2.05, 4.69) is 0 Å². The predicted octanol–water partition coefficient (Wildman–Crippen LogP) is 4.70. The Morgan fingerprint density at radius 3 is 2.00 bits per heavy atom. The first kappa shape index (κ1) is 14.7. The van der Waals surface area contributed by atoms with E-state index in [4.69, 9.17) is 11.6 Å². The standard InChI is InChI=1S/C21H14ClNO2/c1-11-2-7-14(10-17(11)22)23-20(24)15-8-5-12-3-4-13-6-9-16(21(23)25)19(15)18(12)13/h2,5-10H,3-4H2,1H3. The topological polar surface area (TPSA) is 37.4 Å². The third-order valence-electron chi connectivity index (χ3n) is 5.28.